The first-order chi connectivity index (χ1) is 14.9. The van der Waals surface area contributed by atoms with Crippen LogP contribution in [0.15, 0.2) is 53.9 Å². The van der Waals surface area contributed by atoms with Crippen LogP contribution in [0.5, 0.6) is 0 Å². The summed E-state index contributed by atoms with van der Waals surface area (Å²) in [5.41, 5.74) is 0.850. The predicted octanol–water partition coefficient (Wildman–Crippen LogP) is 5.73. The summed E-state index contributed by atoms with van der Waals surface area (Å²) in [6.07, 6.45) is 0.756. The van der Waals surface area contributed by atoms with Gasteiger partial charge in [-0.1, -0.05) is 25.1 Å². The summed E-state index contributed by atoms with van der Waals surface area (Å²) in [5, 5.41) is 1.86. The highest BCUT2D eigenvalue weighted by Crippen LogP contribution is 2.20. The zero-order valence-corrected chi connectivity index (χ0v) is 19.6. The van der Waals surface area contributed by atoms with Crippen LogP contribution >= 0.6 is 22.7 Å². The molecular formula is C24H27FN2O2S2. The van der Waals surface area contributed by atoms with E-state index in [0.29, 0.717) is 18.0 Å². The molecule has 31 heavy (non-hydrogen) atoms. The zero-order chi connectivity index (χ0) is 22.4. The van der Waals surface area contributed by atoms with Gasteiger partial charge in [0.1, 0.15) is 12.4 Å². The topological polar surface area (TPSA) is 40.6 Å². The number of benzene rings is 1. The molecule has 0 fully saturated rings. The van der Waals surface area contributed by atoms with Crippen LogP contribution in [0.4, 0.5) is 4.39 Å². The monoisotopic (exact) mass is 458 g/mol. The third-order valence-corrected chi connectivity index (χ3v) is 7.05. The maximum Gasteiger partial charge on any atom is 0.264 e. The average molecular weight is 459 g/mol. The van der Waals surface area contributed by atoms with Crippen molar-refractivity contribution >= 4 is 34.5 Å². The molecule has 0 aliphatic carbocycles. The van der Waals surface area contributed by atoms with E-state index in [4.69, 9.17) is 0 Å². The first-order valence-electron chi connectivity index (χ1n) is 10.3. The number of thiophene rings is 2. The third-order valence-electron chi connectivity index (χ3n) is 5.20. The zero-order valence-electron chi connectivity index (χ0n) is 18.0. The van der Waals surface area contributed by atoms with Crippen LogP contribution < -0.4 is 0 Å². The number of hydrogen-bond acceptors (Lipinski definition) is 4. The summed E-state index contributed by atoms with van der Waals surface area (Å²) in [6, 6.07) is 13.8. The quantitative estimate of drug-likeness (QED) is 0.411. The van der Waals surface area contributed by atoms with Crippen LogP contribution in [0.1, 0.15) is 45.3 Å². The maximum atomic E-state index is 13.4. The number of hydrogen-bond donors (Lipinski definition) is 0. The fourth-order valence-electron chi connectivity index (χ4n) is 3.24. The predicted molar refractivity (Wildman–Crippen MR) is 125 cm³/mol. The van der Waals surface area contributed by atoms with E-state index >= 15 is 0 Å². The van der Waals surface area contributed by atoms with Crippen molar-refractivity contribution in [3.05, 3.63) is 79.9 Å². The molecule has 0 N–H and O–H groups in total. The molecule has 3 aromatic rings. The lowest BCUT2D eigenvalue weighted by Gasteiger charge is -2.31. The van der Waals surface area contributed by atoms with Crippen molar-refractivity contribution in [1.29, 1.82) is 0 Å². The Morgan fingerprint density at radius 1 is 1.06 bits per heavy atom. The number of carbonyl (C=O) groups is 2. The molecule has 0 bridgehead atoms. The van der Waals surface area contributed by atoms with Gasteiger partial charge in [-0.05, 0) is 61.5 Å². The minimum absolute atomic E-state index is 0.0112. The van der Waals surface area contributed by atoms with Gasteiger partial charge in [-0.3, -0.25) is 9.59 Å². The van der Waals surface area contributed by atoms with E-state index in [1.54, 1.807) is 39.3 Å². The summed E-state index contributed by atoms with van der Waals surface area (Å²) in [4.78, 5) is 32.7. The van der Waals surface area contributed by atoms with Crippen molar-refractivity contribution in [2.24, 2.45) is 0 Å². The molecule has 7 heteroatoms. The smallest absolute Gasteiger partial charge is 0.264 e. The van der Waals surface area contributed by atoms with Gasteiger partial charge in [-0.2, -0.15) is 0 Å². The SMILES string of the molecule is CCC(C)N(CC(=O)N(Cc1ccc(F)cc1)Cc1ccc(C)s1)C(=O)c1cccs1. The van der Waals surface area contributed by atoms with E-state index in [9.17, 15) is 14.0 Å². The molecule has 164 valence electrons. The van der Waals surface area contributed by atoms with Crippen molar-refractivity contribution in [3.8, 4) is 0 Å². The highest BCUT2D eigenvalue weighted by atomic mass is 32.1. The van der Waals surface area contributed by atoms with E-state index in [1.165, 1.54) is 28.3 Å². The van der Waals surface area contributed by atoms with Crippen molar-refractivity contribution in [2.45, 2.75) is 46.3 Å². The molecule has 1 unspecified atom stereocenters. The second-order valence-electron chi connectivity index (χ2n) is 7.56. The van der Waals surface area contributed by atoms with Crippen LogP contribution in [0, 0.1) is 12.7 Å². The average Bonchev–Trinajstić information content (AvgIpc) is 3.44. The van der Waals surface area contributed by atoms with Gasteiger partial charge in [0.15, 0.2) is 0 Å². The molecule has 0 aliphatic rings. The molecular weight excluding hydrogens is 431 g/mol. The molecule has 1 atom stereocenters. The summed E-state index contributed by atoms with van der Waals surface area (Å²) in [6.45, 7) is 6.83. The molecule has 0 spiro atoms. The van der Waals surface area contributed by atoms with Gasteiger partial charge in [-0.25, -0.2) is 4.39 Å². The molecule has 4 nitrogen and oxygen atoms in total. The van der Waals surface area contributed by atoms with Crippen molar-refractivity contribution in [1.82, 2.24) is 9.80 Å². The van der Waals surface area contributed by atoms with E-state index < -0.39 is 0 Å². The summed E-state index contributed by atoms with van der Waals surface area (Å²) >= 11 is 3.03. The Morgan fingerprint density at radius 2 is 1.81 bits per heavy atom. The molecule has 0 saturated carbocycles. The van der Waals surface area contributed by atoms with E-state index in [-0.39, 0.29) is 30.2 Å². The molecule has 3 rings (SSSR count). The van der Waals surface area contributed by atoms with Gasteiger partial charge in [0.25, 0.3) is 5.91 Å². The van der Waals surface area contributed by atoms with Gasteiger partial charge in [0.2, 0.25) is 5.91 Å². The van der Waals surface area contributed by atoms with E-state index in [0.717, 1.165) is 16.9 Å². The number of amides is 2. The van der Waals surface area contributed by atoms with Crippen molar-refractivity contribution in [2.75, 3.05) is 6.54 Å². The maximum absolute atomic E-state index is 13.4. The molecule has 0 radical (unpaired) electrons. The summed E-state index contributed by atoms with van der Waals surface area (Å²) in [7, 11) is 0. The molecule has 2 aromatic heterocycles. The third kappa shape index (κ3) is 6.24. The van der Waals surface area contributed by atoms with Gasteiger partial charge in [0, 0.05) is 22.3 Å². The van der Waals surface area contributed by atoms with Gasteiger partial charge < -0.3 is 9.80 Å². The van der Waals surface area contributed by atoms with Gasteiger partial charge in [-0.15, -0.1) is 22.7 Å². The van der Waals surface area contributed by atoms with Crippen LogP contribution in [-0.2, 0) is 17.9 Å². The van der Waals surface area contributed by atoms with Gasteiger partial charge in [0.05, 0.1) is 11.4 Å². The standard InChI is InChI=1S/C24H27FN2O2S2/c1-4-17(2)27(24(29)22-6-5-13-30-22)16-23(28)26(15-21-12-7-18(3)31-21)14-19-8-10-20(25)11-9-19/h5-13,17H,4,14-16H2,1-3H3. The summed E-state index contributed by atoms with van der Waals surface area (Å²) in [5.74, 6) is -0.549. The first kappa shape index (κ1) is 23.2. The highest BCUT2D eigenvalue weighted by Gasteiger charge is 2.26. The van der Waals surface area contributed by atoms with Crippen molar-refractivity contribution < 1.29 is 14.0 Å². The van der Waals surface area contributed by atoms with Crippen LogP contribution in [0.25, 0.3) is 0 Å². The van der Waals surface area contributed by atoms with Crippen LogP contribution in [0.2, 0.25) is 0 Å². The van der Waals surface area contributed by atoms with E-state index in [1.807, 2.05) is 44.4 Å². The van der Waals surface area contributed by atoms with Crippen LogP contribution in [-0.4, -0.2) is 34.2 Å². The first-order valence-corrected chi connectivity index (χ1v) is 12.0. The Bertz CT molecular complexity index is 999. The van der Waals surface area contributed by atoms with E-state index in [2.05, 4.69) is 0 Å². The van der Waals surface area contributed by atoms with Gasteiger partial charge >= 0.3 is 0 Å². The van der Waals surface area contributed by atoms with Crippen LogP contribution in [0.3, 0.4) is 0 Å². The Labute approximate surface area is 190 Å². The molecule has 0 aliphatic heterocycles. The lowest BCUT2D eigenvalue weighted by atomic mass is 10.2. The Morgan fingerprint density at radius 3 is 2.39 bits per heavy atom. The largest absolute Gasteiger partial charge is 0.332 e. The molecule has 1 aromatic carbocycles. The second kappa shape index (κ2) is 10.7. The molecule has 2 heterocycles. The minimum atomic E-state index is -0.306. The Kier molecular flexibility index (Phi) is 7.98. The lowest BCUT2D eigenvalue weighted by Crippen LogP contribution is -2.46. The lowest BCUT2D eigenvalue weighted by molar-refractivity contribution is -0.133. The molecule has 0 saturated heterocycles. The van der Waals surface area contributed by atoms with Crippen molar-refractivity contribution in [3.63, 3.8) is 0 Å². The number of rotatable bonds is 9. The number of nitrogens with zero attached hydrogens (tertiary/aromatic N) is 2. The molecule has 2 amide bonds. The fourth-order valence-corrected chi connectivity index (χ4v) is 4.82. The highest BCUT2D eigenvalue weighted by molar-refractivity contribution is 7.12. The Hall–Kier alpha value is -2.51. The Balaban J connectivity index is 1.82. The summed E-state index contributed by atoms with van der Waals surface area (Å²) < 4.78 is 13.3. The fraction of sp³-hybridized carbons (Fsp3) is 0.333. The normalized spacial score (nSPS) is 11.9. The second-order valence-corrected chi connectivity index (χ2v) is 9.88. The number of halogens is 1. The number of carbonyl (C=O) groups excluding carboxylic acids is 2. The minimum Gasteiger partial charge on any atom is -0.332 e. The number of aryl methyl sites for hydroxylation is 1.